The molecule has 0 radical (unpaired) electrons. The Morgan fingerprint density at radius 2 is 2.57 bits per heavy atom. The summed E-state index contributed by atoms with van der Waals surface area (Å²) in [7, 11) is 0. The number of hydrogen-bond donors (Lipinski definition) is 0. The molecule has 1 atom stereocenters. The Kier molecular flexibility index (Phi) is 3.22. The van der Waals surface area contributed by atoms with Gasteiger partial charge in [-0.1, -0.05) is 0 Å². The van der Waals surface area contributed by atoms with E-state index in [2.05, 4.69) is 38.3 Å². The molecule has 0 saturated carbocycles. The van der Waals surface area contributed by atoms with Gasteiger partial charge in [-0.15, -0.1) is 11.3 Å². The number of nitriles is 1. The maximum Gasteiger partial charge on any atom is 0.0981 e. The minimum Gasteiger partial charge on any atom is -0.283 e. The Balaban J connectivity index is 2.05. The lowest BCUT2D eigenvalue weighted by molar-refractivity contribution is 0.288. The lowest BCUT2D eigenvalue weighted by atomic mass is 10.2. The van der Waals surface area contributed by atoms with E-state index in [4.69, 9.17) is 5.26 Å². The number of rotatable bonds is 2. The predicted octanol–water partition coefficient (Wildman–Crippen LogP) is 3.00. The molecule has 0 amide bonds. The van der Waals surface area contributed by atoms with Crippen molar-refractivity contribution in [3.8, 4) is 6.07 Å². The number of thiophene rings is 1. The molecule has 1 aromatic rings. The van der Waals surface area contributed by atoms with Crippen LogP contribution in [0.4, 0.5) is 0 Å². The zero-order valence-electron chi connectivity index (χ0n) is 7.74. The number of hydrogen-bond acceptors (Lipinski definition) is 3. The van der Waals surface area contributed by atoms with Gasteiger partial charge in [-0.3, -0.25) is 4.90 Å². The molecular formula is C10H11BrN2S. The Bertz CT molecular complexity index is 355. The molecule has 0 N–H and O–H groups in total. The van der Waals surface area contributed by atoms with E-state index >= 15 is 0 Å². The van der Waals surface area contributed by atoms with Gasteiger partial charge in [0.25, 0.3) is 0 Å². The second-order valence-corrected chi connectivity index (χ2v) is 5.30. The van der Waals surface area contributed by atoms with E-state index in [1.807, 2.05) is 0 Å². The van der Waals surface area contributed by atoms with Crippen LogP contribution in [0.1, 0.15) is 17.7 Å². The third-order valence-corrected chi connectivity index (χ3v) is 4.46. The molecule has 74 valence electrons. The van der Waals surface area contributed by atoms with Crippen LogP contribution in [-0.2, 0) is 6.54 Å². The quantitative estimate of drug-likeness (QED) is 0.826. The number of nitrogens with zero attached hydrogens (tertiary/aromatic N) is 2. The summed E-state index contributed by atoms with van der Waals surface area (Å²) in [6, 6.07) is 4.56. The SMILES string of the molecule is N#CC1CCCN1Cc1sccc1Br. The lowest BCUT2D eigenvalue weighted by Gasteiger charge is -2.17. The van der Waals surface area contributed by atoms with Crippen LogP contribution in [0.5, 0.6) is 0 Å². The second-order valence-electron chi connectivity index (χ2n) is 3.45. The lowest BCUT2D eigenvalue weighted by Crippen LogP contribution is -2.27. The first kappa shape index (κ1) is 10.2. The first-order valence-electron chi connectivity index (χ1n) is 4.67. The van der Waals surface area contributed by atoms with Crippen molar-refractivity contribution in [1.29, 1.82) is 5.26 Å². The fourth-order valence-electron chi connectivity index (χ4n) is 1.78. The number of halogens is 1. The normalized spacial score (nSPS) is 22.4. The van der Waals surface area contributed by atoms with Crippen molar-refractivity contribution in [2.75, 3.05) is 6.54 Å². The Hall–Kier alpha value is -0.370. The van der Waals surface area contributed by atoms with Crippen molar-refractivity contribution >= 4 is 27.3 Å². The fraction of sp³-hybridized carbons (Fsp3) is 0.500. The Labute approximate surface area is 96.3 Å². The smallest absolute Gasteiger partial charge is 0.0981 e. The standard InChI is InChI=1S/C10H11BrN2S/c11-9-3-5-14-10(9)7-13-4-1-2-8(13)6-12/h3,5,8H,1-2,4,7H2. The van der Waals surface area contributed by atoms with Crippen LogP contribution >= 0.6 is 27.3 Å². The monoisotopic (exact) mass is 270 g/mol. The summed E-state index contributed by atoms with van der Waals surface area (Å²) in [6.07, 6.45) is 2.18. The van der Waals surface area contributed by atoms with Gasteiger partial charge >= 0.3 is 0 Å². The highest BCUT2D eigenvalue weighted by Crippen LogP contribution is 2.27. The third-order valence-electron chi connectivity index (χ3n) is 2.55. The van der Waals surface area contributed by atoms with Crippen molar-refractivity contribution in [3.63, 3.8) is 0 Å². The van der Waals surface area contributed by atoms with E-state index in [0.29, 0.717) is 0 Å². The van der Waals surface area contributed by atoms with Gasteiger partial charge in [-0.05, 0) is 46.8 Å². The highest BCUT2D eigenvalue weighted by Gasteiger charge is 2.24. The molecule has 0 spiro atoms. The van der Waals surface area contributed by atoms with Gasteiger partial charge in [0.2, 0.25) is 0 Å². The molecule has 1 aromatic heterocycles. The zero-order chi connectivity index (χ0) is 9.97. The number of likely N-dealkylation sites (tertiary alicyclic amines) is 1. The minimum absolute atomic E-state index is 0.129. The van der Waals surface area contributed by atoms with Gasteiger partial charge in [0.15, 0.2) is 0 Å². The van der Waals surface area contributed by atoms with Crippen molar-refractivity contribution in [1.82, 2.24) is 4.90 Å². The molecule has 1 unspecified atom stereocenters. The van der Waals surface area contributed by atoms with Crippen LogP contribution in [0, 0.1) is 11.3 Å². The van der Waals surface area contributed by atoms with Crippen LogP contribution in [-0.4, -0.2) is 17.5 Å². The first-order valence-corrected chi connectivity index (χ1v) is 6.34. The van der Waals surface area contributed by atoms with Gasteiger partial charge in [0, 0.05) is 15.9 Å². The van der Waals surface area contributed by atoms with Crippen molar-refractivity contribution in [2.45, 2.75) is 25.4 Å². The van der Waals surface area contributed by atoms with Crippen molar-refractivity contribution in [2.24, 2.45) is 0 Å². The topological polar surface area (TPSA) is 27.0 Å². The molecule has 14 heavy (non-hydrogen) atoms. The Morgan fingerprint density at radius 3 is 3.21 bits per heavy atom. The van der Waals surface area contributed by atoms with E-state index in [1.54, 1.807) is 11.3 Å². The van der Waals surface area contributed by atoms with E-state index in [-0.39, 0.29) is 6.04 Å². The molecule has 0 bridgehead atoms. The van der Waals surface area contributed by atoms with E-state index in [0.717, 1.165) is 25.9 Å². The van der Waals surface area contributed by atoms with E-state index < -0.39 is 0 Å². The van der Waals surface area contributed by atoms with Gasteiger partial charge < -0.3 is 0 Å². The first-order chi connectivity index (χ1) is 6.81. The van der Waals surface area contributed by atoms with Crippen LogP contribution in [0.25, 0.3) is 0 Å². The minimum atomic E-state index is 0.129. The maximum absolute atomic E-state index is 8.93. The van der Waals surface area contributed by atoms with E-state index in [1.165, 1.54) is 9.35 Å². The van der Waals surface area contributed by atoms with Crippen molar-refractivity contribution < 1.29 is 0 Å². The van der Waals surface area contributed by atoms with Gasteiger partial charge in [0.05, 0.1) is 12.1 Å². The second kappa shape index (κ2) is 4.43. The van der Waals surface area contributed by atoms with Gasteiger partial charge in [-0.25, -0.2) is 0 Å². The summed E-state index contributed by atoms with van der Waals surface area (Å²) in [5.74, 6) is 0. The molecule has 4 heteroatoms. The summed E-state index contributed by atoms with van der Waals surface area (Å²) >= 11 is 5.27. The molecule has 0 aliphatic carbocycles. The molecule has 1 aliphatic heterocycles. The molecule has 2 heterocycles. The third kappa shape index (κ3) is 2.00. The van der Waals surface area contributed by atoms with Crippen LogP contribution < -0.4 is 0 Å². The highest BCUT2D eigenvalue weighted by atomic mass is 79.9. The molecular weight excluding hydrogens is 260 g/mol. The summed E-state index contributed by atoms with van der Waals surface area (Å²) in [5, 5.41) is 11.0. The Morgan fingerprint density at radius 1 is 1.71 bits per heavy atom. The largest absolute Gasteiger partial charge is 0.283 e. The predicted molar refractivity (Wildman–Crippen MR) is 61.1 cm³/mol. The fourth-order valence-corrected chi connectivity index (χ4v) is 3.29. The average Bonchev–Trinajstić information content (AvgIpc) is 2.77. The molecule has 1 fully saturated rings. The van der Waals surface area contributed by atoms with Crippen LogP contribution in [0.15, 0.2) is 15.9 Å². The summed E-state index contributed by atoms with van der Waals surface area (Å²) in [4.78, 5) is 3.59. The van der Waals surface area contributed by atoms with Crippen molar-refractivity contribution in [3.05, 3.63) is 20.8 Å². The van der Waals surface area contributed by atoms with Gasteiger partial charge in [-0.2, -0.15) is 5.26 Å². The zero-order valence-corrected chi connectivity index (χ0v) is 10.1. The average molecular weight is 271 g/mol. The van der Waals surface area contributed by atoms with Crippen LogP contribution in [0.2, 0.25) is 0 Å². The molecule has 2 nitrogen and oxygen atoms in total. The maximum atomic E-state index is 8.93. The summed E-state index contributed by atoms with van der Waals surface area (Å²) in [6.45, 7) is 1.97. The molecule has 0 aromatic carbocycles. The molecule has 2 rings (SSSR count). The van der Waals surface area contributed by atoms with Crippen LogP contribution in [0.3, 0.4) is 0 Å². The van der Waals surface area contributed by atoms with Gasteiger partial charge in [0.1, 0.15) is 0 Å². The summed E-state index contributed by atoms with van der Waals surface area (Å²) in [5.41, 5.74) is 0. The molecule has 1 aliphatic rings. The highest BCUT2D eigenvalue weighted by molar-refractivity contribution is 9.10. The van der Waals surface area contributed by atoms with E-state index in [9.17, 15) is 0 Å². The molecule has 1 saturated heterocycles. The summed E-state index contributed by atoms with van der Waals surface area (Å²) < 4.78 is 1.17.